The maximum atomic E-state index is 13.4. The molecule has 0 fully saturated rings. The zero-order chi connectivity index (χ0) is 13.0. The Balaban J connectivity index is 1.85. The summed E-state index contributed by atoms with van der Waals surface area (Å²) in [5.74, 6) is 0.213. The molecule has 0 radical (unpaired) electrons. The van der Waals surface area contributed by atoms with E-state index in [1.807, 2.05) is 19.3 Å². The summed E-state index contributed by atoms with van der Waals surface area (Å²) in [4.78, 5) is 0.567. The van der Waals surface area contributed by atoms with Gasteiger partial charge in [0.05, 0.1) is 11.8 Å². The molecule has 0 aliphatic heterocycles. The first-order valence-electron chi connectivity index (χ1n) is 5.69. The molecule has 1 N–H and O–H groups in total. The fraction of sp³-hybridized carbons (Fsp3) is 0.308. The molecule has 1 heterocycles. The number of rotatable bonds is 5. The molecule has 0 amide bonds. The minimum atomic E-state index is -0.524. The first kappa shape index (κ1) is 13.1. The lowest BCUT2D eigenvalue weighted by Gasteiger charge is -2.08. The van der Waals surface area contributed by atoms with Crippen LogP contribution in [0.5, 0.6) is 0 Å². The first-order valence-corrected chi connectivity index (χ1v) is 6.67. The Hall–Kier alpha value is -1.33. The Morgan fingerprint density at radius 3 is 2.83 bits per heavy atom. The average Bonchev–Trinajstić information content (AvgIpc) is 2.74. The molecule has 0 bridgehead atoms. The second kappa shape index (κ2) is 6.02. The van der Waals surface area contributed by atoms with E-state index in [1.165, 1.54) is 17.8 Å². The average molecular weight is 266 g/mol. The molecule has 1 unspecified atom stereocenters. The Morgan fingerprint density at radius 1 is 1.39 bits per heavy atom. The van der Waals surface area contributed by atoms with Gasteiger partial charge in [0.1, 0.15) is 5.82 Å². The lowest BCUT2D eigenvalue weighted by atomic mass is 10.2. The summed E-state index contributed by atoms with van der Waals surface area (Å²) >= 11 is 1.32. The van der Waals surface area contributed by atoms with E-state index in [2.05, 4.69) is 5.10 Å². The lowest BCUT2D eigenvalue weighted by Crippen LogP contribution is -2.14. The number of hydrogen-bond donors (Lipinski definition) is 1. The van der Waals surface area contributed by atoms with Gasteiger partial charge in [-0.05, 0) is 18.2 Å². The van der Waals surface area contributed by atoms with Crippen LogP contribution in [0.15, 0.2) is 41.4 Å². The molecule has 5 heteroatoms. The third-order valence-corrected chi connectivity index (χ3v) is 3.68. The number of nitrogens with zero attached hydrogens (tertiary/aromatic N) is 2. The summed E-state index contributed by atoms with van der Waals surface area (Å²) in [6.45, 7) is 0. The highest BCUT2D eigenvalue weighted by Crippen LogP contribution is 2.22. The van der Waals surface area contributed by atoms with Crippen LogP contribution in [0.25, 0.3) is 0 Å². The van der Waals surface area contributed by atoms with Crippen molar-refractivity contribution in [2.24, 2.45) is 7.05 Å². The van der Waals surface area contributed by atoms with Gasteiger partial charge in [0.25, 0.3) is 0 Å². The highest BCUT2D eigenvalue weighted by Gasteiger charge is 2.10. The SMILES string of the molecule is Cn1ccc(CC(O)CSc2ccccc2F)n1. The van der Waals surface area contributed by atoms with E-state index in [9.17, 15) is 9.50 Å². The third-order valence-electron chi connectivity index (χ3n) is 2.48. The fourth-order valence-corrected chi connectivity index (χ4v) is 2.49. The quantitative estimate of drug-likeness (QED) is 0.844. The van der Waals surface area contributed by atoms with E-state index in [1.54, 1.807) is 22.9 Å². The van der Waals surface area contributed by atoms with Crippen molar-refractivity contribution in [1.82, 2.24) is 9.78 Å². The van der Waals surface area contributed by atoms with Crippen molar-refractivity contribution in [3.8, 4) is 0 Å². The maximum Gasteiger partial charge on any atom is 0.136 e. The minimum absolute atomic E-state index is 0.243. The Kier molecular flexibility index (Phi) is 4.38. The largest absolute Gasteiger partial charge is 0.392 e. The molecule has 96 valence electrons. The van der Waals surface area contributed by atoms with Gasteiger partial charge in [-0.15, -0.1) is 11.8 Å². The molecule has 0 aliphatic carbocycles. The van der Waals surface area contributed by atoms with Gasteiger partial charge in [-0.1, -0.05) is 12.1 Å². The molecule has 3 nitrogen and oxygen atoms in total. The molecule has 18 heavy (non-hydrogen) atoms. The van der Waals surface area contributed by atoms with Crippen LogP contribution in [0, 0.1) is 5.82 Å². The van der Waals surface area contributed by atoms with Crippen LogP contribution in [-0.2, 0) is 13.5 Å². The smallest absolute Gasteiger partial charge is 0.136 e. The molecule has 0 saturated carbocycles. The van der Waals surface area contributed by atoms with Crippen molar-refractivity contribution >= 4 is 11.8 Å². The molecule has 2 rings (SSSR count). The zero-order valence-corrected chi connectivity index (χ0v) is 10.9. The first-order chi connectivity index (χ1) is 8.65. The molecular formula is C13H15FN2OS. The lowest BCUT2D eigenvalue weighted by molar-refractivity contribution is 0.198. The van der Waals surface area contributed by atoms with E-state index in [0.717, 1.165) is 5.69 Å². The van der Waals surface area contributed by atoms with Crippen molar-refractivity contribution in [2.75, 3.05) is 5.75 Å². The van der Waals surface area contributed by atoms with Crippen molar-refractivity contribution in [2.45, 2.75) is 17.4 Å². The number of halogens is 1. The minimum Gasteiger partial charge on any atom is -0.392 e. The number of benzene rings is 1. The van der Waals surface area contributed by atoms with Gasteiger partial charge in [-0.3, -0.25) is 4.68 Å². The molecule has 2 aromatic rings. The highest BCUT2D eigenvalue weighted by atomic mass is 32.2. The van der Waals surface area contributed by atoms with E-state index in [-0.39, 0.29) is 5.82 Å². The maximum absolute atomic E-state index is 13.4. The normalized spacial score (nSPS) is 12.6. The Labute approximate surface area is 110 Å². The molecular weight excluding hydrogens is 251 g/mol. The van der Waals surface area contributed by atoms with Crippen LogP contribution in [0.1, 0.15) is 5.69 Å². The van der Waals surface area contributed by atoms with Crippen molar-refractivity contribution in [3.05, 3.63) is 48.0 Å². The summed E-state index contributed by atoms with van der Waals surface area (Å²) in [5.41, 5.74) is 0.846. The van der Waals surface area contributed by atoms with Crippen molar-refractivity contribution < 1.29 is 9.50 Å². The van der Waals surface area contributed by atoms with Crippen molar-refractivity contribution in [3.63, 3.8) is 0 Å². The summed E-state index contributed by atoms with van der Waals surface area (Å²) in [7, 11) is 1.84. The van der Waals surface area contributed by atoms with E-state index >= 15 is 0 Å². The summed E-state index contributed by atoms with van der Waals surface area (Å²) in [6, 6.07) is 8.46. The number of aliphatic hydroxyl groups excluding tert-OH is 1. The van der Waals surface area contributed by atoms with Gasteiger partial charge in [0.2, 0.25) is 0 Å². The molecule has 1 aromatic carbocycles. The fourth-order valence-electron chi connectivity index (χ4n) is 1.62. The topological polar surface area (TPSA) is 38.0 Å². The van der Waals surface area contributed by atoms with E-state index < -0.39 is 6.10 Å². The Bertz CT molecular complexity index is 515. The van der Waals surface area contributed by atoms with E-state index in [4.69, 9.17) is 0 Å². The van der Waals surface area contributed by atoms with Gasteiger partial charge < -0.3 is 5.11 Å². The molecule has 0 spiro atoms. The molecule has 1 atom stereocenters. The van der Waals surface area contributed by atoms with Gasteiger partial charge in [0.15, 0.2) is 0 Å². The standard InChI is InChI=1S/C13H15FN2OS/c1-16-7-6-10(15-16)8-11(17)9-18-13-5-3-2-4-12(13)14/h2-7,11,17H,8-9H2,1H3. The zero-order valence-electron chi connectivity index (χ0n) is 10.1. The van der Waals surface area contributed by atoms with Gasteiger partial charge in [-0.25, -0.2) is 4.39 Å². The second-order valence-corrected chi connectivity index (χ2v) is 5.14. The van der Waals surface area contributed by atoms with Crippen molar-refractivity contribution in [1.29, 1.82) is 0 Å². The second-order valence-electron chi connectivity index (χ2n) is 4.08. The third kappa shape index (κ3) is 3.58. The predicted octanol–water partition coefficient (Wildman–Crippen LogP) is 2.25. The van der Waals surface area contributed by atoms with Gasteiger partial charge in [-0.2, -0.15) is 5.10 Å². The van der Waals surface area contributed by atoms with E-state index in [0.29, 0.717) is 17.1 Å². The molecule has 1 aromatic heterocycles. The number of aliphatic hydroxyl groups is 1. The number of thioether (sulfide) groups is 1. The number of aromatic nitrogens is 2. The highest BCUT2D eigenvalue weighted by molar-refractivity contribution is 7.99. The summed E-state index contributed by atoms with van der Waals surface area (Å²) < 4.78 is 15.1. The molecule has 0 aliphatic rings. The molecule has 0 saturated heterocycles. The van der Waals surface area contributed by atoms with Crippen LogP contribution in [0.3, 0.4) is 0 Å². The monoisotopic (exact) mass is 266 g/mol. The number of aryl methyl sites for hydroxylation is 1. The Morgan fingerprint density at radius 2 is 2.17 bits per heavy atom. The van der Waals surface area contributed by atoms with Crippen LogP contribution in [0.4, 0.5) is 4.39 Å². The van der Waals surface area contributed by atoms with Crippen LogP contribution in [-0.4, -0.2) is 26.7 Å². The van der Waals surface area contributed by atoms with Gasteiger partial charge in [0, 0.05) is 30.3 Å². The predicted molar refractivity (Wildman–Crippen MR) is 70.0 cm³/mol. The van der Waals surface area contributed by atoms with Gasteiger partial charge >= 0.3 is 0 Å². The van der Waals surface area contributed by atoms with Crippen LogP contribution < -0.4 is 0 Å². The summed E-state index contributed by atoms with van der Waals surface area (Å²) in [6.07, 6.45) is 1.80. The van der Waals surface area contributed by atoms with Crippen LogP contribution >= 0.6 is 11.8 Å². The number of hydrogen-bond acceptors (Lipinski definition) is 3. The summed E-state index contributed by atoms with van der Waals surface area (Å²) in [5, 5.41) is 14.1. The van der Waals surface area contributed by atoms with Crippen LogP contribution in [0.2, 0.25) is 0 Å².